The van der Waals surface area contributed by atoms with Gasteiger partial charge >= 0.3 is 0 Å². The van der Waals surface area contributed by atoms with Crippen molar-refractivity contribution in [2.24, 2.45) is 0 Å². The van der Waals surface area contributed by atoms with Gasteiger partial charge in [0.05, 0.1) is 46.2 Å². The molecular formula is C58H150O12S2Si4. The fourth-order valence-electron chi connectivity index (χ4n) is 3.23. The molecule has 0 fully saturated rings. The SMILES string of the molecule is C.C.C.C.C.C.C.C.C.C.C.C.C=C.C=C.C=C.C=O.CC(COC(COO[Si](C)(C)C(C)(C)C)COO[Si](C)(C)C(C)(C)C)SSC(C)OOC(COCCO[Si](C)(C)C(C)(C)C)COCCO[Si](C)(C)C(C)(C)C. The van der Waals surface area contributed by atoms with E-state index in [-0.39, 0.29) is 139 Å². The van der Waals surface area contributed by atoms with Crippen LogP contribution in [0, 0.1) is 0 Å². The van der Waals surface area contributed by atoms with Crippen molar-refractivity contribution in [2.75, 3.05) is 59.5 Å². The molecule has 0 aliphatic rings. The van der Waals surface area contributed by atoms with Crippen LogP contribution < -0.4 is 0 Å². The monoisotopic (exact) mass is 1210 g/mol. The molecule has 0 heterocycles. The summed E-state index contributed by atoms with van der Waals surface area (Å²) in [6.45, 7) is 71.8. The van der Waals surface area contributed by atoms with Gasteiger partial charge in [0.15, 0.2) is 16.6 Å². The Morgan fingerprint density at radius 2 is 0.658 bits per heavy atom. The van der Waals surface area contributed by atoms with E-state index in [4.69, 9.17) is 56.6 Å². The summed E-state index contributed by atoms with van der Waals surface area (Å²) in [6.07, 6.45) is -0.776. The van der Waals surface area contributed by atoms with Crippen molar-refractivity contribution < 1.29 is 56.6 Å². The maximum atomic E-state index is 8.00. The van der Waals surface area contributed by atoms with Crippen molar-refractivity contribution in [3.63, 3.8) is 0 Å². The van der Waals surface area contributed by atoms with Gasteiger partial charge in [0.2, 0.25) is 16.6 Å². The Hall–Kier alpha value is 0.0175. The number of carbonyl (C=O) groups is 1. The molecule has 12 nitrogen and oxygen atoms in total. The number of carbonyl (C=O) groups excluding carboxylic acids is 1. The highest BCUT2D eigenvalue weighted by atomic mass is 33.1. The molecule has 76 heavy (non-hydrogen) atoms. The summed E-state index contributed by atoms with van der Waals surface area (Å²) in [5.41, 5.74) is -0.257. The second-order valence-electron chi connectivity index (χ2n) is 21.0. The van der Waals surface area contributed by atoms with E-state index in [1.165, 1.54) is 0 Å². The summed E-state index contributed by atoms with van der Waals surface area (Å²) in [4.78, 5) is 31.3. The molecule has 18 heteroatoms. The summed E-state index contributed by atoms with van der Waals surface area (Å²) in [5, 5.41) is 0.475. The summed E-state index contributed by atoms with van der Waals surface area (Å²) in [5.74, 6) is 0. The lowest BCUT2D eigenvalue weighted by atomic mass is 10.2. The van der Waals surface area contributed by atoms with Gasteiger partial charge in [-0.25, -0.2) is 19.6 Å². The largest absolute Gasteiger partial charge is 0.414 e. The van der Waals surface area contributed by atoms with E-state index in [9.17, 15) is 0 Å². The first kappa shape index (κ1) is 123. The summed E-state index contributed by atoms with van der Waals surface area (Å²) in [7, 11) is -4.64. The number of hydrogen-bond donors (Lipinski definition) is 0. The van der Waals surface area contributed by atoms with Gasteiger partial charge in [0.1, 0.15) is 37.6 Å². The van der Waals surface area contributed by atoms with Crippen LogP contribution in [0.15, 0.2) is 39.5 Å². The Balaban J connectivity index is -0.000000110. The zero-order valence-corrected chi connectivity index (χ0v) is 51.0. The molecule has 0 aliphatic heterocycles. The molecule has 2 unspecified atom stereocenters. The van der Waals surface area contributed by atoms with Crippen LogP contribution in [0.5, 0.6) is 0 Å². The van der Waals surface area contributed by atoms with Crippen molar-refractivity contribution >= 4 is 61.6 Å². The zero-order chi connectivity index (χ0) is 51.9. The molecular weight excluding hydrogens is 1070 g/mol. The maximum Gasteiger partial charge on any atom is 0.238 e. The second-order valence-corrected chi connectivity index (χ2v) is 43.0. The molecule has 0 aromatic carbocycles. The third-order valence-corrected chi connectivity index (χ3v) is 31.9. The van der Waals surface area contributed by atoms with Crippen LogP contribution in [0.2, 0.25) is 72.5 Å². The molecule has 0 aromatic heterocycles. The van der Waals surface area contributed by atoms with Crippen molar-refractivity contribution in [3.05, 3.63) is 39.5 Å². The Morgan fingerprint density at radius 3 is 0.921 bits per heavy atom. The molecule has 0 N–H and O–H groups in total. The number of rotatable bonds is 29. The molecule has 2 atom stereocenters. The van der Waals surface area contributed by atoms with Crippen LogP contribution in [0.3, 0.4) is 0 Å². The molecule has 0 aliphatic carbocycles. The molecule has 0 spiro atoms. The van der Waals surface area contributed by atoms with E-state index in [1.54, 1.807) is 21.6 Å². The predicted octanol–water partition coefficient (Wildman–Crippen LogP) is 21.6. The lowest BCUT2D eigenvalue weighted by molar-refractivity contribution is -0.341. The Morgan fingerprint density at radius 1 is 0.382 bits per heavy atom. The minimum Gasteiger partial charge on any atom is -0.414 e. The molecule has 0 saturated carbocycles. The average Bonchev–Trinajstić information content (AvgIpc) is 3.18. The van der Waals surface area contributed by atoms with E-state index < -0.39 is 39.4 Å². The highest BCUT2D eigenvalue weighted by molar-refractivity contribution is 8.77. The van der Waals surface area contributed by atoms with Crippen molar-refractivity contribution in [1.29, 1.82) is 0 Å². The first-order valence-electron chi connectivity index (χ1n) is 22.2. The van der Waals surface area contributed by atoms with Crippen LogP contribution >= 0.6 is 21.6 Å². The van der Waals surface area contributed by atoms with Gasteiger partial charge < -0.3 is 27.9 Å². The molecule has 482 valence electrons. The fourth-order valence-corrected chi connectivity index (χ4v) is 8.37. The topological polar surface area (TPSA) is 119 Å². The normalized spacial score (nSPS) is 11.7. The van der Waals surface area contributed by atoms with Gasteiger partial charge in [-0.05, 0) is 79.5 Å². The van der Waals surface area contributed by atoms with Crippen LogP contribution in [0.1, 0.15) is 186 Å². The zero-order valence-electron chi connectivity index (χ0n) is 45.3. The molecule has 0 radical (unpaired) electrons. The van der Waals surface area contributed by atoms with Crippen LogP contribution in [-0.2, 0) is 56.6 Å². The Kier molecular flexibility index (Phi) is 98.7. The first-order chi connectivity index (χ1) is 29.2. The molecule has 0 rings (SSSR count). The van der Waals surface area contributed by atoms with Crippen LogP contribution in [-0.4, -0.2) is 122 Å². The summed E-state index contributed by atoms with van der Waals surface area (Å²) >= 11 is 0. The highest BCUT2D eigenvalue weighted by Crippen LogP contribution is 2.39. The predicted molar refractivity (Wildman–Crippen MR) is 368 cm³/mol. The van der Waals surface area contributed by atoms with Gasteiger partial charge in [-0.15, -0.1) is 39.5 Å². The average molecular weight is 1220 g/mol. The molecule has 0 amide bonds. The number of ether oxygens (including phenoxy) is 3. The van der Waals surface area contributed by atoms with Crippen molar-refractivity contribution in [3.8, 4) is 0 Å². The molecule has 0 bridgehead atoms. The van der Waals surface area contributed by atoms with Crippen molar-refractivity contribution in [1.82, 2.24) is 0 Å². The molecule has 0 aromatic rings. The Bertz CT molecular complexity index is 1060. The van der Waals surface area contributed by atoms with E-state index in [0.29, 0.717) is 46.2 Å². The quantitative estimate of drug-likeness (QED) is 0.0134. The van der Waals surface area contributed by atoms with E-state index >= 15 is 0 Å². The van der Waals surface area contributed by atoms with E-state index in [0.717, 1.165) is 0 Å². The van der Waals surface area contributed by atoms with Gasteiger partial charge in [-0.2, -0.15) is 0 Å². The van der Waals surface area contributed by atoms with E-state index in [2.05, 4.69) is 182 Å². The minimum absolute atomic E-state index is 0. The molecule has 0 saturated heterocycles. The van der Waals surface area contributed by atoms with Gasteiger partial charge in [0.25, 0.3) is 0 Å². The van der Waals surface area contributed by atoms with Gasteiger partial charge in [0, 0.05) is 5.25 Å². The van der Waals surface area contributed by atoms with Gasteiger partial charge in [-0.3, -0.25) is 9.15 Å². The standard InChI is InChI=1S/C39H88O11S2Si4.3C2H4.CH2O.12CH4/c1-32(27-42-34(30-43-49-55(19,20)38(9,10)11)31-44-50-56(21,22)39(12,13)14)51-52-33(2)47-48-35(28-40-23-25-45-53(15,16)36(3,4)5)29-41-24-26-46-54(17,18)37(6,7)8;4*1-2;;;;;;;;;;;;/h32-35H,23-31H2,1-22H3;3*1-2H2;1H2;12*1H4. The highest BCUT2D eigenvalue weighted by Gasteiger charge is 2.41. The van der Waals surface area contributed by atoms with Gasteiger partial charge in [-0.1, -0.05) is 201 Å². The lowest BCUT2D eigenvalue weighted by Crippen LogP contribution is -2.43. The smallest absolute Gasteiger partial charge is 0.238 e. The fraction of sp³-hybridized carbons (Fsp3) is 0.879. The van der Waals surface area contributed by atoms with Crippen LogP contribution in [0.4, 0.5) is 0 Å². The second kappa shape index (κ2) is 61.1. The third-order valence-electron chi connectivity index (χ3n) is 11.5. The van der Waals surface area contributed by atoms with E-state index in [1.807, 2.05) is 13.7 Å². The van der Waals surface area contributed by atoms with Crippen molar-refractivity contribution in [2.45, 2.75) is 281 Å². The lowest BCUT2D eigenvalue weighted by Gasteiger charge is -2.36. The first-order valence-corrected chi connectivity index (χ1v) is 36.2. The minimum atomic E-state index is -2.09. The number of hydrogen-bond acceptors (Lipinski definition) is 14. The maximum absolute atomic E-state index is 8.00. The third kappa shape index (κ3) is 57.3. The van der Waals surface area contributed by atoms with Crippen LogP contribution in [0.25, 0.3) is 0 Å². The summed E-state index contributed by atoms with van der Waals surface area (Å²) in [6, 6.07) is 0. The summed E-state index contributed by atoms with van der Waals surface area (Å²) < 4.78 is 42.8. The Labute approximate surface area is 495 Å².